The van der Waals surface area contributed by atoms with E-state index in [1.165, 1.54) is 5.56 Å². The van der Waals surface area contributed by atoms with Crippen LogP contribution in [0.2, 0.25) is 0 Å². The summed E-state index contributed by atoms with van der Waals surface area (Å²) in [6.45, 7) is 6.84. The molecular weight excluding hydrogens is 386 g/mol. The number of hydrogen-bond acceptors (Lipinski definition) is 4. The molecule has 3 rings (SSSR count). The Bertz CT molecular complexity index is 947. The number of aromatic amines is 1. The molecule has 24 heavy (non-hydrogen) atoms. The molecule has 0 spiro atoms. The van der Waals surface area contributed by atoms with Crippen molar-refractivity contribution in [3.05, 3.63) is 60.9 Å². The quantitative estimate of drug-likeness (QED) is 0.691. The third kappa shape index (κ3) is 3.18. The number of thiophene rings is 1. The molecule has 0 aliphatic rings. The third-order valence-electron chi connectivity index (χ3n) is 4.49. The number of aromatic nitrogens is 2. The van der Waals surface area contributed by atoms with Crippen molar-refractivity contribution in [1.29, 1.82) is 0 Å². The highest BCUT2D eigenvalue weighted by atomic mass is 79.9. The highest BCUT2D eigenvalue weighted by molar-refractivity contribution is 9.10. The van der Waals surface area contributed by atoms with Gasteiger partial charge in [0.05, 0.1) is 11.4 Å². The Labute approximate surface area is 153 Å². The maximum Gasteiger partial charge on any atom is 0.259 e. The molecule has 0 aliphatic heterocycles. The highest BCUT2D eigenvalue weighted by Crippen LogP contribution is 2.28. The van der Waals surface area contributed by atoms with Crippen molar-refractivity contribution >= 4 is 37.5 Å². The van der Waals surface area contributed by atoms with Crippen LogP contribution in [0.25, 0.3) is 10.2 Å². The molecule has 1 atom stereocenters. The molecule has 4 nitrogen and oxygen atoms in total. The molecule has 0 fully saturated rings. The van der Waals surface area contributed by atoms with Crippen LogP contribution in [0.1, 0.15) is 34.8 Å². The SMILES string of the molecule is Cc1sc2nc(C(C)N(C)Cc3ccccc3Br)[nH]c(=O)c2c1C. The standard InChI is InChI=1S/C18H20BrN3OS/c1-10-12(3)24-18-15(10)17(23)20-16(21-18)11(2)22(4)9-13-7-5-6-8-14(13)19/h5-8,11H,9H2,1-4H3,(H,20,21,23). The summed E-state index contributed by atoms with van der Waals surface area (Å²) in [6.07, 6.45) is 0. The molecule has 1 unspecified atom stereocenters. The molecule has 1 aromatic carbocycles. The number of nitrogens with zero attached hydrogens (tertiary/aromatic N) is 2. The maximum atomic E-state index is 12.5. The molecule has 0 radical (unpaired) electrons. The van der Waals surface area contributed by atoms with E-state index < -0.39 is 0 Å². The summed E-state index contributed by atoms with van der Waals surface area (Å²) in [7, 11) is 2.04. The highest BCUT2D eigenvalue weighted by Gasteiger charge is 2.18. The van der Waals surface area contributed by atoms with Gasteiger partial charge in [-0.05, 0) is 45.0 Å². The van der Waals surface area contributed by atoms with Gasteiger partial charge in [-0.15, -0.1) is 11.3 Å². The van der Waals surface area contributed by atoms with Gasteiger partial charge in [0.2, 0.25) is 0 Å². The van der Waals surface area contributed by atoms with Gasteiger partial charge in [-0.2, -0.15) is 0 Å². The summed E-state index contributed by atoms with van der Waals surface area (Å²) >= 11 is 5.17. The number of rotatable bonds is 4. The van der Waals surface area contributed by atoms with E-state index in [2.05, 4.69) is 38.8 Å². The number of hydrogen-bond donors (Lipinski definition) is 1. The smallest absolute Gasteiger partial charge is 0.259 e. The van der Waals surface area contributed by atoms with Crippen LogP contribution in [0.4, 0.5) is 0 Å². The van der Waals surface area contributed by atoms with Gasteiger partial charge in [-0.1, -0.05) is 34.1 Å². The lowest BCUT2D eigenvalue weighted by molar-refractivity contribution is 0.243. The first kappa shape index (κ1) is 17.3. The van der Waals surface area contributed by atoms with Crippen molar-refractivity contribution in [2.75, 3.05) is 7.05 Å². The maximum absolute atomic E-state index is 12.5. The topological polar surface area (TPSA) is 49.0 Å². The van der Waals surface area contributed by atoms with E-state index in [1.807, 2.05) is 39.1 Å². The second-order valence-corrected chi connectivity index (χ2v) is 8.15. The Morgan fingerprint density at radius 1 is 1.33 bits per heavy atom. The van der Waals surface area contributed by atoms with Gasteiger partial charge in [0.1, 0.15) is 10.7 Å². The van der Waals surface area contributed by atoms with E-state index in [-0.39, 0.29) is 11.6 Å². The minimum Gasteiger partial charge on any atom is -0.309 e. The molecule has 1 N–H and O–H groups in total. The fourth-order valence-corrected chi connectivity index (χ4v) is 4.16. The van der Waals surface area contributed by atoms with Gasteiger partial charge in [0.15, 0.2) is 0 Å². The number of nitrogens with one attached hydrogen (secondary N) is 1. The fraction of sp³-hybridized carbons (Fsp3) is 0.333. The first-order chi connectivity index (χ1) is 11.4. The summed E-state index contributed by atoms with van der Waals surface area (Å²) in [5.74, 6) is 0.711. The second kappa shape index (κ2) is 6.78. The molecule has 3 aromatic rings. The number of benzene rings is 1. The number of fused-ring (bicyclic) bond motifs is 1. The van der Waals surface area contributed by atoms with Crippen molar-refractivity contribution in [3.63, 3.8) is 0 Å². The predicted octanol–water partition coefficient (Wildman–Crippen LogP) is 4.56. The van der Waals surface area contributed by atoms with Crippen LogP contribution < -0.4 is 5.56 Å². The molecule has 0 amide bonds. The first-order valence-corrected chi connectivity index (χ1v) is 9.43. The molecule has 2 aromatic heterocycles. The largest absolute Gasteiger partial charge is 0.309 e. The van der Waals surface area contributed by atoms with Gasteiger partial charge >= 0.3 is 0 Å². The van der Waals surface area contributed by atoms with Crippen LogP contribution in [0, 0.1) is 13.8 Å². The van der Waals surface area contributed by atoms with Crippen LogP contribution in [0.15, 0.2) is 33.5 Å². The second-order valence-electron chi connectivity index (χ2n) is 6.10. The monoisotopic (exact) mass is 405 g/mol. The number of H-pyrrole nitrogens is 1. The van der Waals surface area contributed by atoms with Gasteiger partial charge in [0.25, 0.3) is 5.56 Å². The van der Waals surface area contributed by atoms with E-state index in [4.69, 9.17) is 4.98 Å². The summed E-state index contributed by atoms with van der Waals surface area (Å²) < 4.78 is 1.09. The van der Waals surface area contributed by atoms with Crippen LogP contribution >= 0.6 is 27.3 Å². The third-order valence-corrected chi connectivity index (χ3v) is 6.37. The Morgan fingerprint density at radius 2 is 2.04 bits per heavy atom. The molecule has 2 heterocycles. The molecule has 0 aliphatic carbocycles. The van der Waals surface area contributed by atoms with Crippen molar-refractivity contribution in [3.8, 4) is 0 Å². The van der Waals surface area contributed by atoms with Crippen LogP contribution in [-0.4, -0.2) is 21.9 Å². The minimum atomic E-state index is -0.0435. The van der Waals surface area contributed by atoms with Crippen LogP contribution in [-0.2, 0) is 6.54 Å². The summed E-state index contributed by atoms with van der Waals surface area (Å²) in [5, 5.41) is 0.724. The van der Waals surface area contributed by atoms with Crippen molar-refractivity contribution in [1.82, 2.24) is 14.9 Å². The molecule has 6 heteroatoms. The average molecular weight is 406 g/mol. The number of halogens is 1. The number of aryl methyl sites for hydroxylation is 2. The van der Waals surface area contributed by atoms with E-state index >= 15 is 0 Å². The zero-order valence-corrected chi connectivity index (χ0v) is 16.6. The van der Waals surface area contributed by atoms with E-state index in [0.717, 1.165) is 31.7 Å². The van der Waals surface area contributed by atoms with Crippen LogP contribution in [0.5, 0.6) is 0 Å². The van der Waals surface area contributed by atoms with E-state index in [9.17, 15) is 4.79 Å². The molecule has 126 valence electrons. The Hall–Kier alpha value is -1.50. The first-order valence-electron chi connectivity index (χ1n) is 7.82. The van der Waals surface area contributed by atoms with E-state index in [0.29, 0.717) is 5.82 Å². The minimum absolute atomic E-state index is 0.0110. The zero-order chi connectivity index (χ0) is 17.4. The zero-order valence-electron chi connectivity index (χ0n) is 14.2. The lowest BCUT2D eigenvalue weighted by atomic mass is 10.2. The molecule has 0 saturated heterocycles. The lowest BCUT2D eigenvalue weighted by Gasteiger charge is -2.24. The Kier molecular flexibility index (Phi) is 4.90. The summed E-state index contributed by atoms with van der Waals surface area (Å²) in [6, 6.07) is 8.18. The molecule has 0 bridgehead atoms. The fourth-order valence-electron chi connectivity index (χ4n) is 2.71. The van der Waals surface area contributed by atoms with E-state index in [1.54, 1.807) is 11.3 Å². The summed E-state index contributed by atoms with van der Waals surface area (Å²) in [4.78, 5) is 24.3. The summed E-state index contributed by atoms with van der Waals surface area (Å²) in [5.41, 5.74) is 2.20. The van der Waals surface area contributed by atoms with Gasteiger partial charge in [-0.3, -0.25) is 9.69 Å². The predicted molar refractivity (Wildman–Crippen MR) is 104 cm³/mol. The van der Waals surface area contributed by atoms with Gasteiger partial charge < -0.3 is 4.98 Å². The molecular formula is C18H20BrN3OS. The van der Waals surface area contributed by atoms with Crippen molar-refractivity contribution in [2.24, 2.45) is 0 Å². The average Bonchev–Trinajstić information content (AvgIpc) is 2.83. The lowest BCUT2D eigenvalue weighted by Crippen LogP contribution is -2.26. The van der Waals surface area contributed by atoms with Crippen LogP contribution in [0.3, 0.4) is 0 Å². The Balaban J connectivity index is 1.92. The van der Waals surface area contributed by atoms with Crippen molar-refractivity contribution < 1.29 is 0 Å². The normalized spacial score (nSPS) is 12.9. The van der Waals surface area contributed by atoms with Gasteiger partial charge in [-0.25, -0.2) is 4.98 Å². The molecule has 0 saturated carbocycles. The van der Waals surface area contributed by atoms with Gasteiger partial charge in [0, 0.05) is 15.9 Å². The Morgan fingerprint density at radius 3 is 2.75 bits per heavy atom. The van der Waals surface area contributed by atoms with Crippen molar-refractivity contribution in [2.45, 2.75) is 33.4 Å².